The van der Waals surface area contributed by atoms with Crippen LogP contribution in [0.4, 0.5) is 5.69 Å². The van der Waals surface area contributed by atoms with Gasteiger partial charge in [-0.3, -0.25) is 0 Å². The normalized spacial score (nSPS) is 20.3. The van der Waals surface area contributed by atoms with Crippen molar-refractivity contribution in [2.24, 2.45) is 0 Å². The first-order valence-corrected chi connectivity index (χ1v) is 7.39. The van der Waals surface area contributed by atoms with Crippen molar-refractivity contribution < 1.29 is 10.2 Å². The second kappa shape index (κ2) is 5.41. The van der Waals surface area contributed by atoms with Crippen LogP contribution in [0, 0.1) is 6.92 Å². The predicted molar refractivity (Wildman–Crippen MR) is 84.6 cm³/mol. The minimum absolute atomic E-state index is 0.0591. The van der Waals surface area contributed by atoms with Gasteiger partial charge in [0.25, 0.3) is 0 Å². The van der Waals surface area contributed by atoms with Crippen molar-refractivity contribution in [2.75, 3.05) is 5.32 Å². The molecule has 0 aliphatic heterocycles. The maximum absolute atomic E-state index is 10.2. The number of hydrogen-bond acceptors (Lipinski definition) is 3. The van der Waals surface area contributed by atoms with E-state index < -0.39 is 0 Å². The van der Waals surface area contributed by atoms with Gasteiger partial charge in [-0.15, -0.1) is 0 Å². The Bertz CT molecular complexity index is 649. The van der Waals surface area contributed by atoms with Crippen LogP contribution in [0.3, 0.4) is 0 Å². The lowest BCUT2D eigenvalue weighted by Crippen LogP contribution is -2.07. The Morgan fingerprint density at radius 3 is 2.48 bits per heavy atom. The zero-order valence-corrected chi connectivity index (χ0v) is 12.4. The van der Waals surface area contributed by atoms with Crippen LogP contribution in [-0.4, -0.2) is 10.2 Å². The summed E-state index contributed by atoms with van der Waals surface area (Å²) in [5.74, 6) is 0.825. The third kappa shape index (κ3) is 2.49. The van der Waals surface area contributed by atoms with E-state index in [4.69, 9.17) is 5.11 Å². The molecule has 3 nitrogen and oxygen atoms in total. The summed E-state index contributed by atoms with van der Waals surface area (Å²) in [6.45, 7) is 4.37. The molecule has 0 radical (unpaired) electrons. The van der Waals surface area contributed by atoms with Gasteiger partial charge in [0.15, 0.2) is 0 Å². The number of aromatic hydroxyl groups is 1. The number of benzene rings is 2. The van der Waals surface area contributed by atoms with Gasteiger partial charge in [0.2, 0.25) is 0 Å². The van der Waals surface area contributed by atoms with Crippen molar-refractivity contribution in [3.8, 4) is 5.75 Å². The third-order valence-electron chi connectivity index (χ3n) is 4.39. The average Bonchev–Trinajstić information content (AvgIpc) is 2.81. The fourth-order valence-electron chi connectivity index (χ4n) is 3.38. The SMILES string of the molecule is Cc1ccc(O)c2c1C(C)CC2Nc1ccc(CO)cc1. The number of phenols is 1. The number of hydrogen-bond donors (Lipinski definition) is 3. The largest absolute Gasteiger partial charge is 0.508 e. The number of aliphatic hydroxyl groups excluding tert-OH is 1. The van der Waals surface area contributed by atoms with Gasteiger partial charge in [0, 0.05) is 11.3 Å². The van der Waals surface area contributed by atoms with Crippen molar-refractivity contribution in [1.82, 2.24) is 0 Å². The summed E-state index contributed by atoms with van der Waals surface area (Å²) in [5, 5.41) is 22.8. The highest BCUT2D eigenvalue weighted by Crippen LogP contribution is 2.47. The zero-order chi connectivity index (χ0) is 15.0. The molecule has 3 N–H and O–H groups in total. The summed E-state index contributed by atoms with van der Waals surface area (Å²) in [5.41, 5.74) is 5.47. The number of aryl methyl sites for hydroxylation is 1. The van der Waals surface area contributed by atoms with Crippen LogP contribution in [0.2, 0.25) is 0 Å². The van der Waals surface area contributed by atoms with E-state index in [0.717, 1.165) is 23.2 Å². The minimum atomic E-state index is 0.0591. The van der Waals surface area contributed by atoms with Crippen molar-refractivity contribution in [3.63, 3.8) is 0 Å². The number of aliphatic hydroxyl groups is 1. The number of fused-ring (bicyclic) bond motifs is 1. The molecule has 0 spiro atoms. The molecule has 0 aromatic heterocycles. The minimum Gasteiger partial charge on any atom is -0.508 e. The summed E-state index contributed by atoms with van der Waals surface area (Å²) < 4.78 is 0. The Hall–Kier alpha value is -2.00. The maximum atomic E-state index is 10.2. The lowest BCUT2D eigenvalue weighted by molar-refractivity contribution is 0.282. The fraction of sp³-hybridized carbons (Fsp3) is 0.333. The van der Waals surface area contributed by atoms with E-state index >= 15 is 0 Å². The second-order valence-corrected chi connectivity index (χ2v) is 5.92. The Morgan fingerprint density at radius 1 is 1.10 bits per heavy atom. The van der Waals surface area contributed by atoms with Gasteiger partial charge in [0.05, 0.1) is 12.6 Å². The molecule has 21 heavy (non-hydrogen) atoms. The van der Waals surface area contributed by atoms with E-state index in [2.05, 4.69) is 19.2 Å². The molecule has 0 saturated heterocycles. The van der Waals surface area contributed by atoms with E-state index in [1.807, 2.05) is 30.3 Å². The lowest BCUT2D eigenvalue weighted by atomic mass is 9.97. The average molecular weight is 283 g/mol. The quantitative estimate of drug-likeness (QED) is 0.802. The van der Waals surface area contributed by atoms with Gasteiger partial charge < -0.3 is 15.5 Å². The summed E-state index contributed by atoms with van der Waals surface area (Å²) >= 11 is 0. The van der Waals surface area contributed by atoms with Gasteiger partial charge >= 0.3 is 0 Å². The number of anilines is 1. The summed E-state index contributed by atoms with van der Waals surface area (Å²) in [4.78, 5) is 0. The molecule has 110 valence electrons. The highest BCUT2D eigenvalue weighted by Gasteiger charge is 2.32. The molecule has 2 atom stereocenters. The standard InChI is InChI=1S/C18H21NO2/c1-11-3-8-16(21)18-15(9-12(2)17(11)18)19-14-6-4-13(10-20)5-7-14/h3-8,12,15,19-21H,9-10H2,1-2H3. The topological polar surface area (TPSA) is 52.5 Å². The molecule has 2 aromatic rings. The zero-order valence-electron chi connectivity index (χ0n) is 12.4. The van der Waals surface area contributed by atoms with Gasteiger partial charge in [-0.05, 0) is 54.2 Å². The van der Waals surface area contributed by atoms with E-state index in [1.54, 1.807) is 6.07 Å². The van der Waals surface area contributed by atoms with Gasteiger partial charge in [-0.25, -0.2) is 0 Å². The van der Waals surface area contributed by atoms with Gasteiger partial charge in [-0.2, -0.15) is 0 Å². The van der Waals surface area contributed by atoms with Crippen LogP contribution < -0.4 is 5.32 Å². The van der Waals surface area contributed by atoms with Crippen LogP contribution >= 0.6 is 0 Å². The van der Waals surface area contributed by atoms with Crippen molar-refractivity contribution in [3.05, 3.63) is 58.7 Å². The van der Waals surface area contributed by atoms with E-state index in [1.165, 1.54) is 11.1 Å². The molecule has 1 aliphatic carbocycles. The number of nitrogens with one attached hydrogen (secondary N) is 1. The molecular formula is C18H21NO2. The molecule has 0 amide bonds. The first kappa shape index (κ1) is 14.0. The molecule has 0 fully saturated rings. The third-order valence-corrected chi connectivity index (χ3v) is 4.39. The van der Waals surface area contributed by atoms with E-state index in [9.17, 15) is 5.11 Å². The summed E-state index contributed by atoms with van der Waals surface area (Å²) in [6, 6.07) is 11.7. The Labute approximate surface area is 125 Å². The molecule has 0 heterocycles. The van der Waals surface area contributed by atoms with Crippen LogP contribution in [0.15, 0.2) is 36.4 Å². The highest BCUT2D eigenvalue weighted by atomic mass is 16.3. The first-order chi connectivity index (χ1) is 10.1. The number of phenolic OH excluding ortho intramolecular Hbond substituents is 1. The van der Waals surface area contributed by atoms with Gasteiger partial charge in [0.1, 0.15) is 5.75 Å². The maximum Gasteiger partial charge on any atom is 0.121 e. The summed E-state index contributed by atoms with van der Waals surface area (Å²) in [6.07, 6.45) is 0.982. The Kier molecular flexibility index (Phi) is 3.60. The smallest absolute Gasteiger partial charge is 0.121 e. The summed E-state index contributed by atoms with van der Waals surface area (Å²) in [7, 11) is 0. The number of rotatable bonds is 3. The van der Waals surface area contributed by atoms with E-state index in [0.29, 0.717) is 11.7 Å². The predicted octanol–water partition coefficient (Wildman–Crippen LogP) is 3.85. The molecule has 2 unspecified atom stereocenters. The molecule has 1 aliphatic rings. The second-order valence-electron chi connectivity index (χ2n) is 5.92. The molecule has 0 bridgehead atoms. The van der Waals surface area contributed by atoms with E-state index in [-0.39, 0.29) is 12.6 Å². The Morgan fingerprint density at radius 2 is 1.81 bits per heavy atom. The lowest BCUT2D eigenvalue weighted by Gasteiger charge is -2.17. The van der Waals surface area contributed by atoms with Crippen molar-refractivity contribution >= 4 is 5.69 Å². The molecular weight excluding hydrogens is 262 g/mol. The molecule has 3 rings (SSSR count). The molecule has 3 heteroatoms. The van der Waals surface area contributed by atoms with Crippen LogP contribution in [0.5, 0.6) is 5.75 Å². The highest BCUT2D eigenvalue weighted by molar-refractivity contribution is 5.56. The van der Waals surface area contributed by atoms with Crippen molar-refractivity contribution in [1.29, 1.82) is 0 Å². The van der Waals surface area contributed by atoms with Crippen LogP contribution in [-0.2, 0) is 6.61 Å². The van der Waals surface area contributed by atoms with Crippen LogP contribution in [0.25, 0.3) is 0 Å². The molecule has 0 saturated carbocycles. The van der Waals surface area contributed by atoms with Gasteiger partial charge in [-0.1, -0.05) is 25.1 Å². The first-order valence-electron chi connectivity index (χ1n) is 7.39. The van der Waals surface area contributed by atoms with Crippen LogP contribution in [0.1, 0.15) is 47.6 Å². The Balaban J connectivity index is 1.90. The molecule has 2 aromatic carbocycles. The fourth-order valence-corrected chi connectivity index (χ4v) is 3.38. The monoisotopic (exact) mass is 283 g/mol. The van der Waals surface area contributed by atoms with Crippen molar-refractivity contribution in [2.45, 2.75) is 38.8 Å².